The van der Waals surface area contributed by atoms with E-state index in [0.717, 1.165) is 27.8 Å². The average Bonchev–Trinajstić information content (AvgIpc) is 2.92. The van der Waals surface area contributed by atoms with E-state index in [0.29, 0.717) is 10.7 Å². The molecule has 0 fully saturated rings. The summed E-state index contributed by atoms with van der Waals surface area (Å²) in [5, 5.41) is 14.0. The van der Waals surface area contributed by atoms with Crippen LogP contribution >= 0.6 is 22.9 Å². The number of nitrogens with two attached hydrogens (primary N) is 1. The van der Waals surface area contributed by atoms with Crippen molar-refractivity contribution in [2.75, 3.05) is 5.73 Å². The maximum atomic E-state index is 5.90. The summed E-state index contributed by atoms with van der Waals surface area (Å²) in [4.78, 5) is 0.787. The first-order chi connectivity index (χ1) is 8.69. The molecule has 0 aliphatic heterocycles. The highest BCUT2D eigenvalue weighted by Crippen LogP contribution is 2.29. The lowest BCUT2D eigenvalue weighted by Crippen LogP contribution is -1.93. The van der Waals surface area contributed by atoms with Crippen molar-refractivity contribution >= 4 is 33.6 Å². The lowest BCUT2D eigenvalue weighted by atomic mass is 10.2. The number of anilines is 1. The lowest BCUT2D eigenvalue weighted by molar-refractivity contribution is 0.838. The van der Waals surface area contributed by atoms with Gasteiger partial charge in [0.1, 0.15) is 5.01 Å². The molecule has 92 valence electrons. The molecule has 1 aromatic carbocycles. The van der Waals surface area contributed by atoms with E-state index >= 15 is 0 Å². The molecule has 3 rings (SSSR count). The molecule has 0 atom stereocenters. The number of benzene rings is 1. The molecular weight excluding hydrogens is 270 g/mol. The number of hydrogen-bond acceptors (Lipinski definition) is 5. The van der Waals surface area contributed by atoms with Gasteiger partial charge in [0, 0.05) is 12.0 Å². The van der Waals surface area contributed by atoms with Gasteiger partial charge in [0.25, 0.3) is 0 Å². The smallest absolute Gasteiger partial charge is 0.234 e. The van der Waals surface area contributed by atoms with Gasteiger partial charge in [0.2, 0.25) is 4.96 Å². The van der Waals surface area contributed by atoms with Gasteiger partial charge < -0.3 is 5.73 Å². The van der Waals surface area contributed by atoms with Gasteiger partial charge >= 0.3 is 0 Å². The molecule has 0 saturated carbocycles. The second-order valence-electron chi connectivity index (χ2n) is 3.81. The van der Waals surface area contributed by atoms with Gasteiger partial charge in [-0.1, -0.05) is 35.9 Å². The first kappa shape index (κ1) is 11.4. The molecule has 2 aromatic heterocycles. The lowest BCUT2D eigenvalue weighted by Gasteiger charge is -1.99. The molecule has 7 heteroatoms. The van der Waals surface area contributed by atoms with Gasteiger partial charge in [0.15, 0.2) is 5.82 Å². The van der Waals surface area contributed by atoms with Crippen LogP contribution in [0.4, 0.5) is 5.69 Å². The van der Waals surface area contributed by atoms with Crippen LogP contribution in [0.3, 0.4) is 0 Å². The quantitative estimate of drug-likeness (QED) is 0.732. The summed E-state index contributed by atoms with van der Waals surface area (Å²) in [6.07, 6.45) is 0.799. The Morgan fingerprint density at radius 2 is 2.22 bits per heavy atom. The highest BCUT2D eigenvalue weighted by atomic mass is 35.5. The van der Waals surface area contributed by atoms with Crippen LogP contribution < -0.4 is 5.73 Å². The molecule has 18 heavy (non-hydrogen) atoms. The van der Waals surface area contributed by atoms with Crippen LogP contribution in [0, 0.1) is 0 Å². The number of fused-ring (bicyclic) bond motifs is 1. The summed E-state index contributed by atoms with van der Waals surface area (Å²) in [7, 11) is 0. The van der Waals surface area contributed by atoms with Gasteiger partial charge in [0.05, 0.1) is 10.7 Å². The monoisotopic (exact) mass is 279 g/mol. The first-order valence-corrected chi connectivity index (χ1v) is 6.65. The minimum Gasteiger partial charge on any atom is -0.398 e. The number of hydrogen-bond donors (Lipinski definition) is 1. The molecule has 2 heterocycles. The van der Waals surface area contributed by atoms with Gasteiger partial charge in [-0.2, -0.15) is 9.61 Å². The van der Waals surface area contributed by atoms with Crippen LogP contribution in [0.2, 0.25) is 5.02 Å². The van der Waals surface area contributed by atoms with Crippen molar-refractivity contribution in [2.45, 2.75) is 13.3 Å². The van der Waals surface area contributed by atoms with Crippen molar-refractivity contribution in [1.29, 1.82) is 0 Å². The van der Waals surface area contributed by atoms with Gasteiger partial charge in [-0.05, 0) is 12.1 Å². The number of halogens is 1. The van der Waals surface area contributed by atoms with Crippen LogP contribution in [0.15, 0.2) is 18.2 Å². The molecule has 5 nitrogen and oxygen atoms in total. The third kappa shape index (κ3) is 1.74. The fourth-order valence-corrected chi connectivity index (χ4v) is 2.64. The maximum Gasteiger partial charge on any atom is 0.234 e. The molecule has 0 spiro atoms. The number of nitrogen functional groups attached to an aromatic ring is 1. The molecule has 0 radical (unpaired) electrons. The maximum absolute atomic E-state index is 5.90. The second-order valence-corrected chi connectivity index (χ2v) is 5.17. The van der Waals surface area contributed by atoms with Crippen LogP contribution in [0.1, 0.15) is 12.7 Å². The Bertz CT molecular complexity index is 717. The SMILES string of the molecule is CCc1nnc2sc(-c3ccc(Cl)c(N)c3)nn12. The normalized spacial score (nSPS) is 11.2. The molecule has 3 aromatic rings. The molecule has 0 unspecified atom stereocenters. The highest BCUT2D eigenvalue weighted by molar-refractivity contribution is 7.19. The number of aromatic nitrogens is 4. The minimum absolute atomic E-state index is 0.552. The van der Waals surface area contributed by atoms with Crippen LogP contribution in [0.5, 0.6) is 0 Å². The summed E-state index contributed by atoms with van der Waals surface area (Å²) in [6, 6.07) is 5.49. The summed E-state index contributed by atoms with van der Waals surface area (Å²) in [6.45, 7) is 2.02. The van der Waals surface area contributed by atoms with Gasteiger partial charge in [-0.25, -0.2) is 0 Å². The third-order valence-electron chi connectivity index (χ3n) is 2.61. The van der Waals surface area contributed by atoms with E-state index in [1.807, 2.05) is 19.1 Å². The molecule has 0 bridgehead atoms. The van der Waals surface area contributed by atoms with Crippen molar-refractivity contribution < 1.29 is 0 Å². The van der Waals surface area contributed by atoms with E-state index in [4.69, 9.17) is 17.3 Å². The number of rotatable bonds is 2. The van der Waals surface area contributed by atoms with Gasteiger partial charge in [-0.15, -0.1) is 10.2 Å². The Labute approximate surface area is 112 Å². The van der Waals surface area contributed by atoms with Crippen molar-refractivity contribution in [3.05, 3.63) is 29.0 Å². The second kappa shape index (κ2) is 4.22. The minimum atomic E-state index is 0.552. The third-order valence-corrected chi connectivity index (χ3v) is 3.91. The fourth-order valence-electron chi connectivity index (χ4n) is 1.67. The van der Waals surface area contributed by atoms with Crippen molar-refractivity contribution in [3.8, 4) is 10.6 Å². The molecule has 0 saturated heterocycles. The van der Waals surface area contributed by atoms with Gasteiger partial charge in [-0.3, -0.25) is 0 Å². The average molecular weight is 280 g/mol. The Morgan fingerprint density at radius 3 is 2.94 bits per heavy atom. The Hall–Kier alpha value is -1.66. The van der Waals surface area contributed by atoms with Crippen molar-refractivity contribution in [1.82, 2.24) is 19.8 Å². The van der Waals surface area contributed by atoms with Crippen molar-refractivity contribution in [3.63, 3.8) is 0 Å². The van der Waals surface area contributed by atoms with E-state index in [2.05, 4.69) is 15.3 Å². The molecule has 0 aliphatic rings. The van der Waals surface area contributed by atoms with E-state index in [1.54, 1.807) is 10.6 Å². The number of nitrogens with zero attached hydrogens (tertiary/aromatic N) is 4. The van der Waals surface area contributed by atoms with E-state index in [1.165, 1.54) is 11.3 Å². The number of aryl methyl sites for hydroxylation is 1. The van der Waals surface area contributed by atoms with Crippen LogP contribution in [-0.2, 0) is 6.42 Å². The Balaban J connectivity index is 2.13. The predicted molar refractivity (Wildman–Crippen MR) is 72.9 cm³/mol. The molecule has 0 aliphatic carbocycles. The highest BCUT2D eigenvalue weighted by Gasteiger charge is 2.12. The summed E-state index contributed by atoms with van der Waals surface area (Å²) in [5.41, 5.74) is 7.28. The Morgan fingerprint density at radius 1 is 1.39 bits per heavy atom. The summed E-state index contributed by atoms with van der Waals surface area (Å²) < 4.78 is 1.77. The van der Waals surface area contributed by atoms with E-state index < -0.39 is 0 Å². The fraction of sp³-hybridized carbons (Fsp3) is 0.182. The van der Waals surface area contributed by atoms with E-state index in [-0.39, 0.29) is 0 Å². The zero-order valence-electron chi connectivity index (χ0n) is 9.59. The predicted octanol–water partition coefficient (Wildman–Crippen LogP) is 2.65. The van der Waals surface area contributed by atoms with Crippen molar-refractivity contribution in [2.24, 2.45) is 0 Å². The molecule has 2 N–H and O–H groups in total. The summed E-state index contributed by atoms with van der Waals surface area (Å²) in [5.74, 6) is 0.856. The molecule has 0 amide bonds. The largest absolute Gasteiger partial charge is 0.398 e. The zero-order valence-corrected chi connectivity index (χ0v) is 11.2. The van der Waals surface area contributed by atoms with E-state index in [9.17, 15) is 0 Å². The topological polar surface area (TPSA) is 69.1 Å². The zero-order chi connectivity index (χ0) is 12.7. The summed E-state index contributed by atoms with van der Waals surface area (Å²) >= 11 is 7.38. The van der Waals surface area contributed by atoms with Crippen LogP contribution in [0.25, 0.3) is 15.5 Å². The molecular formula is C11H10ClN5S. The van der Waals surface area contributed by atoms with Crippen LogP contribution in [-0.4, -0.2) is 19.8 Å². The Kier molecular flexibility index (Phi) is 2.68. The first-order valence-electron chi connectivity index (χ1n) is 5.45. The standard InChI is InChI=1S/C11H10ClN5S/c1-2-9-14-15-11-17(9)16-10(18-11)6-3-4-7(12)8(13)5-6/h3-5H,2,13H2,1H3.